The molecule has 69 heavy (non-hydrogen) atoms. The normalized spacial score (nSPS) is 12.8. The summed E-state index contributed by atoms with van der Waals surface area (Å²) in [7, 11) is 0. The first-order chi connectivity index (χ1) is 34.2. The minimum absolute atomic E-state index is 0.587. The third-order valence-corrected chi connectivity index (χ3v) is 14.1. The number of hydrogen-bond donors (Lipinski definition) is 0. The summed E-state index contributed by atoms with van der Waals surface area (Å²) in [5.74, 6) is 1.83. The van der Waals surface area contributed by atoms with Crippen LogP contribution in [-0.4, -0.2) is 19.5 Å². The minimum atomic E-state index is -0.929. The predicted octanol–water partition coefficient (Wildman–Crippen LogP) is 15.9. The lowest BCUT2D eigenvalue weighted by Gasteiger charge is -2.32. The number of aromatic nitrogens is 4. The lowest BCUT2D eigenvalue weighted by molar-refractivity contribution is 0.666. The van der Waals surface area contributed by atoms with Crippen molar-refractivity contribution in [3.8, 4) is 61.8 Å². The van der Waals surface area contributed by atoms with E-state index in [4.69, 9.17) is 19.4 Å². The highest BCUT2D eigenvalue weighted by molar-refractivity contribution is 6.16. The number of para-hydroxylation sites is 2. The van der Waals surface area contributed by atoms with Crippen LogP contribution >= 0.6 is 0 Å². The Hall–Kier alpha value is -9.19. The summed E-state index contributed by atoms with van der Waals surface area (Å²) in [6, 6.07) is 86.1. The van der Waals surface area contributed by atoms with Crippen molar-refractivity contribution < 1.29 is 4.42 Å². The zero-order valence-corrected chi connectivity index (χ0v) is 37.3. The van der Waals surface area contributed by atoms with E-state index < -0.39 is 5.41 Å². The standard InChI is InChI=1S/C64H40N4O/c1-3-18-41(19-4-1)43-22-15-23-44(38-43)61-65-62(45-24-16-25-47(39-45)68-56-33-13-9-29-52(56)60-48(30-17-34-57(60)68)42-20-5-2-6-21-42)67-63(66-61)64(54-31-11-7-26-49(54)50-27-8-12-32-55(50)64)46-36-37-59-53(40-46)51-28-10-14-35-58(51)69-59/h1-40H. The van der Waals surface area contributed by atoms with Crippen LogP contribution in [0.5, 0.6) is 0 Å². The average molecular weight is 881 g/mol. The molecule has 10 aromatic carbocycles. The van der Waals surface area contributed by atoms with E-state index in [0.717, 1.165) is 88.7 Å². The number of fused-ring (bicyclic) bond motifs is 9. The van der Waals surface area contributed by atoms with Gasteiger partial charge in [0.15, 0.2) is 17.5 Å². The quantitative estimate of drug-likeness (QED) is 0.160. The molecule has 3 heterocycles. The molecule has 0 unspecified atom stereocenters. The van der Waals surface area contributed by atoms with Crippen LogP contribution in [0.3, 0.4) is 0 Å². The van der Waals surface area contributed by atoms with Gasteiger partial charge in [-0.2, -0.15) is 0 Å². The molecule has 0 N–H and O–H groups in total. The van der Waals surface area contributed by atoms with Crippen molar-refractivity contribution in [2.75, 3.05) is 0 Å². The maximum Gasteiger partial charge on any atom is 0.163 e. The summed E-state index contributed by atoms with van der Waals surface area (Å²) < 4.78 is 8.81. The van der Waals surface area contributed by atoms with Crippen LogP contribution in [0.1, 0.15) is 22.5 Å². The predicted molar refractivity (Wildman–Crippen MR) is 280 cm³/mol. The van der Waals surface area contributed by atoms with Gasteiger partial charge in [-0.15, -0.1) is 0 Å². The minimum Gasteiger partial charge on any atom is -0.456 e. The zero-order valence-electron chi connectivity index (χ0n) is 37.3. The lowest BCUT2D eigenvalue weighted by Crippen LogP contribution is -2.31. The maximum absolute atomic E-state index is 6.43. The van der Waals surface area contributed by atoms with Crippen LogP contribution in [0, 0.1) is 0 Å². The van der Waals surface area contributed by atoms with Gasteiger partial charge in [0, 0.05) is 38.4 Å². The van der Waals surface area contributed by atoms with Crippen LogP contribution in [-0.2, 0) is 5.41 Å². The van der Waals surface area contributed by atoms with E-state index in [0.29, 0.717) is 17.5 Å². The summed E-state index contributed by atoms with van der Waals surface area (Å²) in [5.41, 5.74) is 16.0. The van der Waals surface area contributed by atoms with E-state index in [1.165, 1.54) is 21.9 Å². The molecule has 0 aliphatic heterocycles. The highest BCUT2D eigenvalue weighted by Gasteiger charge is 2.49. The molecule has 0 radical (unpaired) electrons. The molecule has 3 aromatic heterocycles. The smallest absolute Gasteiger partial charge is 0.163 e. The Morgan fingerprint density at radius 2 is 0.899 bits per heavy atom. The van der Waals surface area contributed by atoms with Gasteiger partial charge in [0.2, 0.25) is 0 Å². The summed E-state index contributed by atoms with van der Waals surface area (Å²) in [6.45, 7) is 0. The SMILES string of the molecule is c1ccc(-c2cccc(-c3nc(-c4cccc(-n5c6ccccc6c6c(-c7ccccc7)cccc65)c4)nc(C4(c5ccc6oc7ccccc7c6c5)c5ccccc5-c5ccccc54)n3)c2)cc1. The topological polar surface area (TPSA) is 56.7 Å². The van der Waals surface area contributed by atoms with Crippen molar-refractivity contribution in [2.24, 2.45) is 0 Å². The van der Waals surface area contributed by atoms with Gasteiger partial charge >= 0.3 is 0 Å². The second kappa shape index (κ2) is 15.4. The molecule has 0 amide bonds. The molecular weight excluding hydrogens is 841 g/mol. The Bertz CT molecular complexity index is 4100. The van der Waals surface area contributed by atoms with Gasteiger partial charge in [-0.1, -0.05) is 194 Å². The van der Waals surface area contributed by atoms with Crippen molar-refractivity contribution in [2.45, 2.75) is 5.41 Å². The Kier molecular flexibility index (Phi) is 8.73. The summed E-state index contributed by atoms with van der Waals surface area (Å²) >= 11 is 0. The van der Waals surface area contributed by atoms with Gasteiger partial charge in [0.1, 0.15) is 16.6 Å². The fraction of sp³-hybridized carbons (Fsp3) is 0.0156. The fourth-order valence-electron chi connectivity index (χ4n) is 11.1. The Morgan fingerprint density at radius 3 is 1.67 bits per heavy atom. The Balaban J connectivity index is 1.05. The highest BCUT2D eigenvalue weighted by atomic mass is 16.3. The largest absolute Gasteiger partial charge is 0.456 e. The van der Waals surface area contributed by atoms with Crippen LogP contribution in [0.25, 0.3) is 106 Å². The first-order valence-electron chi connectivity index (χ1n) is 23.4. The Labute approximate surface area is 398 Å². The Morgan fingerprint density at radius 1 is 0.348 bits per heavy atom. The van der Waals surface area contributed by atoms with Crippen LogP contribution < -0.4 is 0 Å². The molecule has 1 aliphatic rings. The molecule has 0 saturated heterocycles. The third kappa shape index (κ3) is 6.00. The van der Waals surface area contributed by atoms with Gasteiger partial charge in [-0.05, 0) is 98.6 Å². The van der Waals surface area contributed by atoms with E-state index in [9.17, 15) is 0 Å². The second-order valence-electron chi connectivity index (χ2n) is 17.9. The first kappa shape index (κ1) is 39.0. The molecule has 5 heteroatoms. The van der Waals surface area contributed by atoms with E-state index >= 15 is 0 Å². The number of nitrogens with zero attached hydrogens (tertiary/aromatic N) is 4. The summed E-state index contributed by atoms with van der Waals surface area (Å²) in [6.07, 6.45) is 0. The number of hydrogen-bond acceptors (Lipinski definition) is 4. The number of benzene rings is 10. The number of rotatable bonds is 7. The van der Waals surface area contributed by atoms with Crippen LogP contribution in [0.15, 0.2) is 247 Å². The van der Waals surface area contributed by atoms with E-state index in [1.807, 2.05) is 18.2 Å². The van der Waals surface area contributed by atoms with Crippen LogP contribution in [0.2, 0.25) is 0 Å². The molecule has 0 saturated carbocycles. The van der Waals surface area contributed by atoms with Crippen molar-refractivity contribution in [3.05, 3.63) is 265 Å². The zero-order chi connectivity index (χ0) is 45.5. The maximum atomic E-state index is 6.43. The first-order valence-corrected chi connectivity index (χ1v) is 23.4. The second-order valence-corrected chi connectivity index (χ2v) is 17.9. The molecule has 5 nitrogen and oxygen atoms in total. The molecule has 0 atom stereocenters. The van der Waals surface area contributed by atoms with Crippen molar-refractivity contribution in [1.82, 2.24) is 19.5 Å². The van der Waals surface area contributed by atoms with Gasteiger partial charge in [0.25, 0.3) is 0 Å². The van der Waals surface area contributed by atoms with Gasteiger partial charge in [-0.25, -0.2) is 15.0 Å². The molecule has 14 rings (SSSR count). The fourth-order valence-corrected chi connectivity index (χ4v) is 11.1. The molecule has 13 aromatic rings. The van der Waals surface area contributed by atoms with Crippen LogP contribution in [0.4, 0.5) is 0 Å². The van der Waals surface area contributed by atoms with Gasteiger partial charge < -0.3 is 8.98 Å². The molecule has 0 bridgehead atoms. The molecular formula is C64H40N4O. The highest BCUT2D eigenvalue weighted by Crippen LogP contribution is 2.56. The lowest BCUT2D eigenvalue weighted by atomic mass is 9.71. The molecule has 0 fully saturated rings. The summed E-state index contributed by atoms with van der Waals surface area (Å²) in [5, 5.41) is 4.53. The molecule has 1 aliphatic carbocycles. The average Bonchev–Trinajstić information content (AvgIpc) is 4.08. The molecule has 0 spiro atoms. The molecule has 322 valence electrons. The van der Waals surface area contributed by atoms with Crippen molar-refractivity contribution in [3.63, 3.8) is 0 Å². The van der Waals surface area contributed by atoms with E-state index in [2.05, 4.69) is 229 Å². The number of furan rings is 1. The van der Waals surface area contributed by atoms with Gasteiger partial charge in [-0.3, -0.25) is 0 Å². The summed E-state index contributed by atoms with van der Waals surface area (Å²) in [4.78, 5) is 16.8. The van der Waals surface area contributed by atoms with E-state index in [1.54, 1.807) is 0 Å². The third-order valence-electron chi connectivity index (χ3n) is 14.1. The van der Waals surface area contributed by atoms with Crippen molar-refractivity contribution in [1.29, 1.82) is 0 Å². The monoisotopic (exact) mass is 880 g/mol. The van der Waals surface area contributed by atoms with E-state index in [-0.39, 0.29) is 0 Å². The van der Waals surface area contributed by atoms with Gasteiger partial charge in [0.05, 0.1) is 11.0 Å². The van der Waals surface area contributed by atoms with Crippen molar-refractivity contribution >= 4 is 43.7 Å².